The molecule has 0 heterocycles. The van der Waals surface area contributed by atoms with Crippen LogP contribution in [-0.4, -0.2) is 11.1 Å². The topological polar surface area (TPSA) is 46.5 Å². The normalized spacial score (nSPS) is 10.8. The Kier molecular flexibility index (Phi) is 5.59. The average molecular weight is 412 g/mol. The molecule has 0 aliphatic rings. The SMILES string of the molecule is O=C(O)/C=C/c1cc(OCc2cccc(Br)c2)ccc1Br. The second kappa shape index (κ2) is 7.43. The lowest BCUT2D eigenvalue weighted by atomic mass is 10.2. The van der Waals surface area contributed by atoms with Crippen molar-refractivity contribution < 1.29 is 14.6 Å². The summed E-state index contributed by atoms with van der Waals surface area (Å²) in [5.41, 5.74) is 1.80. The van der Waals surface area contributed by atoms with Crippen LogP contribution in [0.4, 0.5) is 0 Å². The van der Waals surface area contributed by atoms with Crippen molar-refractivity contribution in [1.82, 2.24) is 0 Å². The van der Waals surface area contributed by atoms with Gasteiger partial charge in [-0.2, -0.15) is 0 Å². The van der Waals surface area contributed by atoms with Crippen molar-refractivity contribution in [2.45, 2.75) is 6.61 Å². The molecule has 0 atom stereocenters. The number of rotatable bonds is 5. The Hall–Kier alpha value is -1.59. The summed E-state index contributed by atoms with van der Waals surface area (Å²) in [4.78, 5) is 10.6. The van der Waals surface area contributed by atoms with Gasteiger partial charge in [0.1, 0.15) is 12.4 Å². The van der Waals surface area contributed by atoms with Crippen LogP contribution in [0.1, 0.15) is 11.1 Å². The molecule has 0 radical (unpaired) electrons. The first-order valence-corrected chi connectivity index (χ1v) is 7.71. The summed E-state index contributed by atoms with van der Waals surface area (Å²) in [6.45, 7) is 0.448. The Morgan fingerprint density at radius 3 is 2.71 bits per heavy atom. The van der Waals surface area contributed by atoms with Crippen LogP contribution >= 0.6 is 31.9 Å². The highest BCUT2D eigenvalue weighted by atomic mass is 79.9. The molecular formula is C16H12Br2O3. The van der Waals surface area contributed by atoms with Gasteiger partial charge in [-0.15, -0.1) is 0 Å². The van der Waals surface area contributed by atoms with Crippen LogP contribution in [0.2, 0.25) is 0 Å². The van der Waals surface area contributed by atoms with E-state index in [9.17, 15) is 4.79 Å². The van der Waals surface area contributed by atoms with Crippen molar-refractivity contribution in [3.63, 3.8) is 0 Å². The predicted molar refractivity (Wildman–Crippen MR) is 89.3 cm³/mol. The number of hydrogen-bond acceptors (Lipinski definition) is 2. The third-order valence-electron chi connectivity index (χ3n) is 2.67. The summed E-state index contributed by atoms with van der Waals surface area (Å²) in [6, 6.07) is 13.3. The lowest BCUT2D eigenvalue weighted by Gasteiger charge is -2.08. The predicted octanol–water partition coefficient (Wildman–Crippen LogP) is 4.89. The van der Waals surface area contributed by atoms with Gasteiger partial charge in [-0.3, -0.25) is 0 Å². The zero-order valence-electron chi connectivity index (χ0n) is 10.9. The Morgan fingerprint density at radius 2 is 2.00 bits per heavy atom. The minimum atomic E-state index is -0.984. The highest BCUT2D eigenvalue weighted by Gasteiger charge is 2.02. The van der Waals surface area contributed by atoms with Crippen molar-refractivity contribution in [2.24, 2.45) is 0 Å². The first kappa shape index (κ1) is 15.8. The molecule has 0 aromatic heterocycles. The molecule has 0 amide bonds. The molecule has 2 aromatic carbocycles. The molecule has 0 aliphatic carbocycles. The number of carboxylic acids is 1. The fourth-order valence-corrected chi connectivity index (χ4v) is 2.52. The molecule has 0 unspecified atom stereocenters. The van der Waals surface area contributed by atoms with E-state index in [0.717, 1.165) is 26.1 Å². The molecule has 0 saturated carbocycles. The van der Waals surface area contributed by atoms with Gasteiger partial charge in [0.15, 0.2) is 0 Å². The molecule has 5 heteroatoms. The van der Waals surface area contributed by atoms with Crippen molar-refractivity contribution >= 4 is 43.9 Å². The molecular weight excluding hydrogens is 400 g/mol. The fourth-order valence-electron chi connectivity index (χ4n) is 1.69. The van der Waals surface area contributed by atoms with Crippen molar-refractivity contribution in [1.29, 1.82) is 0 Å². The third-order valence-corrected chi connectivity index (χ3v) is 3.88. The largest absolute Gasteiger partial charge is 0.489 e. The number of halogens is 2. The molecule has 2 rings (SSSR count). The van der Waals surface area contributed by atoms with E-state index in [4.69, 9.17) is 9.84 Å². The lowest BCUT2D eigenvalue weighted by Crippen LogP contribution is -1.95. The number of carboxylic acid groups (broad SMARTS) is 1. The Morgan fingerprint density at radius 1 is 1.19 bits per heavy atom. The average Bonchev–Trinajstić information content (AvgIpc) is 2.45. The van der Waals surface area contributed by atoms with E-state index < -0.39 is 5.97 Å². The summed E-state index contributed by atoms with van der Waals surface area (Å²) < 4.78 is 7.55. The standard InChI is InChI=1S/C16H12Br2O3/c17-13-3-1-2-11(8-13)10-21-14-5-6-15(18)12(9-14)4-7-16(19)20/h1-9H,10H2,(H,19,20)/b7-4+. The molecule has 21 heavy (non-hydrogen) atoms. The second-order valence-electron chi connectivity index (χ2n) is 4.27. The van der Waals surface area contributed by atoms with Gasteiger partial charge >= 0.3 is 5.97 Å². The molecule has 0 aliphatic heterocycles. The number of carbonyl (C=O) groups is 1. The van der Waals surface area contributed by atoms with E-state index in [0.29, 0.717) is 12.4 Å². The number of benzene rings is 2. The Bertz CT molecular complexity index is 681. The van der Waals surface area contributed by atoms with Gasteiger partial charge in [0.25, 0.3) is 0 Å². The molecule has 1 N–H and O–H groups in total. The smallest absolute Gasteiger partial charge is 0.328 e. The van der Waals surface area contributed by atoms with Crippen LogP contribution < -0.4 is 4.74 Å². The monoisotopic (exact) mass is 410 g/mol. The van der Waals surface area contributed by atoms with Gasteiger partial charge in [0.2, 0.25) is 0 Å². The molecule has 3 nitrogen and oxygen atoms in total. The van der Waals surface area contributed by atoms with Gasteiger partial charge in [-0.1, -0.05) is 44.0 Å². The van der Waals surface area contributed by atoms with Crippen LogP contribution in [0.15, 0.2) is 57.5 Å². The molecule has 0 spiro atoms. The molecule has 2 aromatic rings. The van der Waals surface area contributed by atoms with E-state index >= 15 is 0 Å². The fraction of sp³-hybridized carbons (Fsp3) is 0.0625. The summed E-state index contributed by atoms with van der Waals surface area (Å²) in [5.74, 6) is -0.300. The van der Waals surface area contributed by atoms with Crippen LogP contribution in [0.25, 0.3) is 6.08 Å². The van der Waals surface area contributed by atoms with E-state index in [1.54, 1.807) is 6.07 Å². The minimum Gasteiger partial charge on any atom is -0.489 e. The van der Waals surface area contributed by atoms with E-state index in [1.165, 1.54) is 6.08 Å². The van der Waals surface area contributed by atoms with Crippen molar-refractivity contribution in [3.05, 3.63) is 68.6 Å². The Balaban J connectivity index is 2.10. The van der Waals surface area contributed by atoms with E-state index in [1.807, 2.05) is 36.4 Å². The van der Waals surface area contributed by atoms with Crippen LogP contribution in [-0.2, 0) is 11.4 Å². The second-order valence-corrected chi connectivity index (χ2v) is 6.04. The zero-order valence-corrected chi connectivity index (χ0v) is 14.1. The van der Waals surface area contributed by atoms with Crippen LogP contribution in [0.3, 0.4) is 0 Å². The minimum absolute atomic E-state index is 0.448. The maximum atomic E-state index is 10.6. The van der Waals surface area contributed by atoms with Crippen LogP contribution in [0.5, 0.6) is 5.75 Å². The van der Waals surface area contributed by atoms with Gasteiger partial charge < -0.3 is 9.84 Å². The van der Waals surface area contributed by atoms with Crippen molar-refractivity contribution in [2.75, 3.05) is 0 Å². The summed E-state index contributed by atoms with van der Waals surface area (Å²) in [5, 5.41) is 8.68. The molecule has 0 bridgehead atoms. The van der Waals surface area contributed by atoms with Gasteiger partial charge in [0, 0.05) is 15.0 Å². The Labute approximate surface area is 139 Å². The highest BCUT2D eigenvalue weighted by molar-refractivity contribution is 9.10. The number of aliphatic carboxylic acids is 1. The summed E-state index contributed by atoms with van der Waals surface area (Å²) in [7, 11) is 0. The highest BCUT2D eigenvalue weighted by Crippen LogP contribution is 2.24. The number of ether oxygens (including phenoxy) is 1. The number of hydrogen-bond donors (Lipinski definition) is 1. The molecule has 0 saturated heterocycles. The first-order chi connectivity index (χ1) is 10.0. The zero-order chi connectivity index (χ0) is 15.2. The third kappa shape index (κ3) is 5.02. The molecule has 108 valence electrons. The first-order valence-electron chi connectivity index (χ1n) is 6.12. The maximum Gasteiger partial charge on any atom is 0.328 e. The lowest BCUT2D eigenvalue weighted by molar-refractivity contribution is -0.131. The maximum absolute atomic E-state index is 10.6. The van der Waals surface area contributed by atoms with Gasteiger partial charge in [0.05, 0.1) is 0 Å². The summed E-state index contributed by atoms with van der Waals surface area (Å²) in [6.07, 6.45) is 2.62. The quantitative estimate of drug-likeness (QED) is 0.712. The van der Waals surface area contributed by atoms with Crippen LogP contribution in [0, 0.1) is 0 Å². The van der Waals surface area contributed by atoms with E-state index in [-0.39, 0.29) is 0 Å². The molecule has 0 fully saturated rings. The van der Waals surface area contributed by atoms with E-state index in [2.05, 4.69) is 31.9 Å². The summed E-state index contributed by atoms with van der Waals surface area (Å²) >= 11 is 6.80. The van der Waals surface area contributed by atoms with Gasteiger partial charge in [-0.25, -0.2) is 4.79 Å². The van der Waals surface area contributed by atoms with Crippen molar-refractivity contribution in [3.8, 4) is 5.75 Å². The van der Waals surface area contributed by atoms with Gasteiger partial charge in [-0.05, 0) is 47.5 Å².